The van der Waals surface area contributed by atoms with E-state index in [1.165, 1.54) is 29.8 Å². The van der Waals surface area contributed by atoms with Gasteiger partial charge in [-0.15, -0.1) is 0 Å². The van der Waals surface area contributed by atoms with Gasteiger partial charge in [0.05, 0.1) is 5.41 Å². The molecule has 1 saturated heterocycles. The Hall–Kier alpha value is -3.83. The van der Waals surface area contributed by atoms with Gasteiger partial charge in [-0.25, -0.2) is 8.78 Å². The largest absolute Gasteiger partial charge is 0.325 e. The maximum Gasteiger partial charge on any atom is 0.235 e. The average molecular weight is 537 g/mol. The highest BCUT2D eigenvalue weighted by atomic mass is 19.1. The number of benzene rings is 4. The van der Waals surface area contributed by atoms with E-state index in [0.29, 0.717) is 0 Å². The number of carbonyl (C=O) groups excluding carboxylic acids is 1. The van der Waals surface area contributed by atoms with E-state index in [1.54, 1.807) is 0 Å². The number of likely N-dealkylation sites (tertiary alicyclic amines) is 1. The molecule has 0 aliphatic carbocycles. The number of nitrogens with zero attached hydrogens (tertiary/aromatic N) is 1. The summed E-state index contributed by atoms with van der Waals surface area (Å²) in [7, 11) is 0. The minimum atomic E-state index is -0.449. The Bertz CT molecular complexity index is 1400. The van der Waals surface area contributed by atoms with Crippen LogP contribution in [-0.4, -0.2) is 29.9 Å². The van der Waals surface area contributed by atoms with Crippen molar-refractivity contribution in [3.05, 3.63) is 137 Å². The van der Waals surface area contributed by atoms with Crippen molar-refractivity contribution in [2.24, 2.45) is 0 Å². The molecule has 1 amide bonds. The van der Waals surface area contributed by atoms with Crippen molar-refractivity contribution in [1.29, 1.82) is 0 Å². The molecule has 1 spiro atoms. The van der Waals surface area contributed by atoms with Gasteiger partial charge >= 0.3 is 0 Å². The van der Waals surface area contributed by atoms with Crippen LogP contribution in [0.2, 0.25) is 0 Å². The van der Waals surface area contributed by atoms with E-state index in [4.69, 9.17) is 0 Å². The van der Waals surface area contributed by atoms with Gasteiger partial charge in [0.15, 0.2) is 0 Å². The number of amides is 1. The molecule has 1 fully saturated rings. The van der Waals surface area contributed by atoms with Gasteiger partial charge in [0, 0.05) is 17.6 Å². The van der Waals surface area contributed by atoms with Gasteiger partial charge in [0.2, 0.25) is 5.91 Å². The molecule has 0 radical (unpaired) electrons. The number of anilines is 1. The Kier molecular flexibility index (Phi) is 7.48. The second-order valence-corrected chi connectivity index (χ2v) is 11.2. The first-order chi connectivity index (χ1) is 19.5. The number of halogens is 2. The van der Waals surface area contributed by atoms with Crippen molar-refractivity contribution in [3.8, 4) is 0 Å². The first-order valence-corrected chi connectivity index (χ1v) is 14.2. The summed E-state index contributed by atoms with van der Waals surface area (Å²) in [5, 5.41) is 3.12. The van der Waals surface area contributed by atoms with Crippen molar-refractivity contribution < 1.29 is 13.6 Å². The van der Waals surface area contributed by atoms with Crippen LogP contribution in [0.15, 0.2) is 103 Å². The fourth-order valence-corrected chi connectivity index (χ4v) is 6.72. The number of hydrogen-bond donors (Lipinski definition) is 1. The van der Waals surface area contributed by atoms with E-state index in [9.17, 15) is 13.6 Å². The smallest absolute Gasteiger partial charge is 0.235 e. The summed E-state index contributed by atoms with van der Waals surface area (Å²) >= 11 is 0. The van der Waals surface area contributed by atoms with Crippen molar-refractivity contribution in [2.45, 2.75) is 49.5 Å². The molecular weight excluding hydrogens is 502 g/mol. The molecule has 4 aromatic carbocycles. The van der Waals surface area contributed by atoms with Crippen LogP contribution in [0.5, 0.6) is 0 Å². The highest BCUT2D eigenvalue weighted by Crippen LogP contribution is 2.45. The molecule has 1 unspecified atom stereocenters. The highest BCUT2D eigenvalue weighted by Gasteiger charge is 2.48. The lowest BCUT2D eigenvalue weighted by atomic mass is 9.73. The summed E-state index contributed by atoms with van der Waals surface area (Å²) in [6, 6.07) is 32.3. The molecule has 0 saturated carbocycles. The fourth-order valence-electron chi connectivity index (χ4n) is 6.72. The zero-order valence-electron chi connectivity index (χ0n) is 22.5. The number of nitrogens with one attached hydrogen (secondary N) is 1. The number of hydrogen-bond acceptors (Lipinski definition) is 2. The molecule has 0 bridgehead atoms. The number of rotatable bonds is 8. The van der Waals surface area contributed by atoms with Crippen LogP contribution in [0.4, 0.5) is 14.5 Å². The van der Waals surface area contributed by atoms with Crippen LogP contribution < -0.4 is 5.32 Å². The molecular formula is C35H34F2N2O. The molecule has 5 heteroatoms. The zero-order chi connectivity index (χ0) is 27.5. The number of carbonyl (C=O) groups is 1. The topological polar surface area (TPSA) is 32.3 Å². The van der Waals surface area contributed by atoms with Crippen LogP contribution >= 0.6 is 0 Å². The van der Waals surface area contributed by atoms with Crippen LogP contribution in [0.25, 0.3) is 0 Å². The van der Waals surface area contributed by atoms with Gasteiger partial charge in [-0.1, -0.05) is 72.8 Å². The van der Waals surface area contributed by atoms with Gasteiger partial charge in [0.1, 0.15) is 11.6 Å². The van der Waals surface area contributed by atoms with Crippen LogP contribution in [0.3, 0.4) is 0 Å². The molecule has 40 heavy (non-hydrogen) atoms. The lowest BCUT2D eigenvalue weighted by molar-refractivity contribution is -0.122. The van der Waals surface area contributed by atoms with Crippen molar-refractivity contribution in [1.82, 2.24) is 4.90 Å². The number of para-hydroxylation sites is 1. The van der Waals surface area contributed by atoms with Crippen LogP contribution in [0.1, 0.15) is 53.9 Å². The third-order valence-electron chi connectivity index (χ3n) is 8.94. The standard InChI is InChI=1S/C35H34F2N2O/c36-28-14-10-26(11-15-28)31(27-12-16-29(37)17-13-27)19-18-30(24-25-6-2-1-3-7-25)39-22-20-35(21-23-39)32-8-4-5-9-33(32)38-34(35)40/h1-17,30-31H,18-24H2,(H,38,40). The molecule has 204 valence electrons. The van der Waals surface area contributed by atoms with Crippen molar-refractivity contribution >= 4 is 11.6 Å². The summed E-state index contributed by atoms with van der Waals surface area (Å²) in [6.45, 7) is 1.69. The SMILES string of the molecule is O=C1Nc2ccccc2C12CCN(C(CCC(c1ccc(F)cc1)c1ccc(F)cc1)Cc1ccccc1)CC2. The molecule has 4 aromatic rings. The van der Waals surface area contributed by atoms with E-state index < -0.39 is 5.41 Å². The molecule has 1 atom stereocenters. The number of piperidine rings is 1. The van der Waals surface area contributed by atoms with E-state index in [-0.39, 0.29) is 29.5 Å². The van der Waals surface area contributed by atoms with E-state index in [1.807, 2.05) is 48.5 Å². The third kappa shape index (κ3) is 5.31. The predicted octanol–water partition coefficient (Wildman–Crippen LogP) is 7.47. The predicted molar refractivity (Wildman–Crippen MR) is 155 cm³/mol. The first kappa shape index (κ1) is 26.4. The maximum atomic E-state index is 13.8. The van der Waals surface area contributed by atoms with E-state index >= 15 is 0 Å². The Morgan fingerprint density at radius 2 is 1.30 bits per heavy atom. The Balaban J connectivity index is 1.24. The second kappa shape index (κ2) is 11.3. The van der Waals surface area contributed by atoms with Gasteiger partial charge < -0.3 is 5.32 Å². The molecule has 1 N–H and O–H groups in total. The van der Waals surface area contributed by atoms with Crippen LogP contribution in [0, 0.1) is 11.6 Å². The third-order valence-corrected chi connectivity index (χ3v) is 8.94. The number of fused-ring (bicyclic) bond motifs is 2. The summed E-state index contributed by atoms with van der Waals surface area (Å²) in [5.41, 5.74) is 4.98. The normalized spacial score (nSPS) is 17.1. The van der Waals surface area contributed by atoms with Crippen molar-refractivity contribution in [3.63, 3.8) is 0 Å². The second-order valence-electron chi connectivity index (χ2n) is 11.2. The summed E-state index contributed by atoms with van der Waals surface area (Å²) < 4.78 is 27.5. The van der Waals surface area contributed by atoms with Gasteiger partial charge in [-0.3, -0.25) is 9.69 Å². The van der Waals surface area contributed by atoms with Crippen LogP contribution in [-0.2, 0) is 16.6 Å². The monoisotopic (exact) mass is 536 g/mol. The molecule has 0 aromatic heterocycles. The van der Waals surface area contributed by atoms with Gasteiger partial charge in [-0.2, -0.15) is 0 Å². The van der Waals surface area contributed by atoms with Gasteiger partial charge in [-0.05, 0) is 97.8 Å². The minimum Gasteiger partial charge on any atom is -0.325 e. The Morgan fingerprint density at radius 3 is 1.93 bits per heavy atom. The molecule has 3 nitrogen and oxygen atoms in total. The first-order valence-electron chi connectivity index (χ1n) is 14.2. The minimum absolute atomic E-state index is 0.0306. The highest BCUT2D eigenvalue weighted by molar-refractivity contribution is 6.06. The molecule has 2 heterocycles. The fraction of sp³-hybridized carbons (Fsp3) is 0.286. The summed E-state index contributed by atoms with van der Waals surface area (Å²) in [6.07, 6.45) is 4.26. The molecule has 6 rings (SSSR count). The van der Waals surface area contributed by atoms with E-state index in [0.717, 1.165) is 67.6 Å². The Morgan fingerprint density at radius 1 is 0.725 bits per heavy atom. The van der Waals surface area contributed by atoms with Gasteiger partial charge in [0.25, 0.3) is 0 Å². The average Bonchev–Trinajstić information content (AvgIpc) is 3.25. The maximum absolute atomic E-state index is 13.8. The summed E-state index contributed by atoms with van der Waals surface area (Å²) in [5.74, 6) is -0.365. The lowest BCUT2D eigenvalue weighted by Crippen LogP contribution is -2.50. The zero-order valence-corrected chi connectivity index (χ0v) is 22.5. The van der Waals surface area contributed by atoms with Crippen molar-refractivity contribution in [2.75, 3.05) is 18.4 Å². The van der Waals surface area contributed by atoms with E-state index in [2.05, 4.69) is 40.5 Å². The lowest BCUT2D eigenvalue weighted by Gasteiger charge is -2.42. The molecule has 2 aliphatic rings. The summed E-state index contributed by atoms with van der Waals surface area (Å²) in [4.78, 5) is 15.7. The molecule has 2 aliphatic heterocycles. The quantitative estimate of drug-likeness (QED) is 0.253. The Labute approximate surface area is 234 Å².